The first kappa shape index (κ1) is 19.6. The number of nitrogens with zero attached hydrogens (tertiary/aromatic N) is 2. The zero-order valence-electron chi connectivity index (χ0n) is 14.4. The summed E-state index contributed by atoms with van der Waals surface area (Å²) in [5, 5.41) is -0.0661. The first-order valence-electron chi connectivity index (χ1n) is 8.16. The Morgan fingerprint density at radius 3 is 2.48 bits per heavy atom. The molecule has 4 nitrogen and oxygen atoms in total. The van der Waals surface area contributed by atoms with Crippen molar-refractivity contribution in [2.24, 2.45) is 0 Å². The van der Waals surface area contributed by atoms with Crippen LogP contribution >= 0.6 is 23.8 Å². The molecule has 2 aromatic heterocycles. The topological polar surface area (TPSA) is 50.7 Å². The Bertz CT molecular complexity index is 1120. The molecule has 0 aliphatic heterocycles. The van der Waals surface area contributed by atoms with Crippen molar-refractivity contribution < 1.29 is 13.2 Å². The van der Waals surface area contributed by atoms with Gasteiger partial charge in [-0.25, -0.2) is 4.98 Å². The van der Waals surface area contributed by atoms with Crippen molar-refractivity contribution in [3.63, 3.8) is 0 Å². The van der Waals surface area contributed by atoms with E-state index in [1.54, 1.807) is 31.2 Å². The lowest BCUT2D eigenvalue weighted by Gasteiger charge is -2.19. The van der Waals surface area contributed by atoms with E-state index in [-0.39, 0.29) is 22.2 Å². The molecular weight excluding hydrogens is 399 g/mol. The minimum Gasteiger partial charge on any atom is -0.300 e. The summed E-state index contributed by atoms with van der Waals surface area (Å²) in [6.45, 7) is 3.68. The van der Waals surface area contributed by atoms with E-state index < -0.39 is 22.7 Å². The standard InChI is InChI=1S/C18H15ClF3N3OS/c1-3-9(2)25-15-14(16(26)24-17(25)27)12(18(20,21)22)8-13(23-15)10-4-6-11(19)7-5-10/h4-9H,3H2,1-2H3,(H,24,26,27)/t9-/m1/s1. The molecule has 1 aromatic carbocycles. The van der Waals surface area contributed by atoms with Gasteiger partial charge in [0.1, 0.15) is 5.65 Å². The molecule has 0 aliphatic carbocycles. The lowest BCUT2D eigenvalue weighted by molar-refractivity contribution is -0.136. The molecule has 0 fully saturated rings. The summed E-state index contributed by atoms with van der Waals surface area (Å²) >= 11 is 11.1. The predicted octanol–water partition coefficient (Wildman–Crippen LogP) is 5.76. The summed E-state index contributed by atoms with van der Waals surface area (Å²) in [6, 6.07) is 6.92. The molecule has 2 heterocycles. The van der Waals surface area contributed by atoms with Crippen molar-refractivity contribution in [1.29, 1.82) is 0 Å². The highest BCUT2D eigenvalue weighted by Crippen LogP contribution is 2.36. The van der Waals surface area contributed by atoms with Gasteiger partial charge in [0.15, 0.2) is 4.77 Å². The minimum absolute atomic E-state index is 0.0377. The van der Waals surface area contributed by atoms with Gasteiger partial charge in [-0.3, -0.25) is 14.3 Å². The van der Waals surface area contributed by atoms with Gasteiger partial charge in [0.25, 0.3) is 5.56 Å². The maximum atomic E-state index is 13.7. The Morgan fingerprint density at radius 1 is 1.30 bits per heavy atom. The fraction of sp³-hybridized carbons (Fsp3) is 0.278. The largest absolute Gasteiger partial charge is 0.417 e. The zero-order chi connectivity index (χ0) is 19.9. The summed E-state index contributed by atoms with van der Waals surface area (Å²) in [4.78, 5) is 19.0. The van der Waals surface area contributed by atoms with Crippen LogP contribution in [-0.2, 0) is 6.18 Å². The quantitative estimate of drug-likeness (QED) is 0.555. The molecule has 9 heteroatoms. The number of aromatic amines is 1. The van der Waals surface area contributed by atoms with E-state index in [0.29, 0.717) is 17.0 Å². The predicted molar refractivity (Wildman–Crippen MR) is 102 cm³/mol. The number of halogens is 4. The highest BCUT2D eigenvalue weighted by molar-refractivity contribution is 7.71. The third kappa shape index (κ3) is 3.64. The van der Waals surface area contributed by atoms with Crippen molar-refractivity contribution in [3.05, 3.63) is 56.0 Å². The first-order chi connectivity index (χ1) is 12.6. The van der Waals surface area contributed by atoms with Crippen molar-refractivity contribution in [3.8, 4) is 11.3 Å². The number of alkyl halides is 3. The van der Waals surface area contributed by atoms with E-state index in [2.05, 4.69) is 9.97 Å². The molecule has 0 amide bonds. The third-order valence-electron chi connectivity index (χ3n) is 4.37. The number of hydrogen-bond donors (Lipinski definition) is 1. The highest BCUT2D eigenvalue weighted by atomic mass is 35.5. The SMILES string of the molecule is CC[C@@H](C)n1c(=S)[nH]c(=O)c2c(C(F)(F)F)cc(-c3ccc(Cl)cc3)nc21. The average Bonchev–Trinajstić information content (AvgIpc) is 2.60. The average molecular weight is 414 g/mol. The molecular formula is C18H15ClF3N3OS. The molecule has 0 saturated carbocycles. The van der Waals surface area contributed by atoms with Gasteiger partial charge < -0.3 is 0 Å². The summed E-state index contributed by atoms with van der Waals surface area (Å²) in [5.41, 5.74) is -1.50. The molecule has 27 heavy (non-hydrogen) atoms. The number of aromatic nitrogens is 3. The van der Waals surface area contributed by atoms with E-state index in [4.69, 9.17) is 23.8 Å². The van der Waals surface area contributed by atoms with E-state index in [1.165, 1.54) is 4.57 Å². The van der Waals surface area contributed by atoms with Crippen LogP contribution in [0.25, 0.3) is 22.3 Å². The van der Waals surface area contributed by atoms with Gasteiger partial charge in [0.2, 0.25) is 0 Å². The lowest BCUT2D eigenvalue weighted by Crippen LogP contribution is -2.22. The number of hydrogen-bond acceptors (Lipinski definition) is 3. The Morgan fingerprint density at radius 2 is 1.93 bits per heavy atom. The molecule has 1 atom stereocenters. The summed E-state index contributed by atoms with van der Waals surface area (Å²) in [6.07, 6.45) is -4.13. The molecule has 142 valence electrons. The number of benzene rings is 1. The molecule has 0 spiro atoms. The van der Waals surface area contributed by atoms with Crippen LogP contribution in [0.15, 0.2) is 35.1 Å². The van der Waals surface area contributed by atoms with Crippen molar-refractivity contribution in [2.75, 3.05) is 0 Å². The third-order valence-corrected chi connectivity index (χ3v) is 4.92. The van der Waals surface area contributed by atoms with E-state index >= 15 is 0 Å². The van der Waals surface area contributed by atoms with Crippen LogP contribution in [0.3, 0.4) is 0 Å². The van der Waals surface area contributed by atoms with Crippen LogP contribution in [-0.4, -0.2) is 14.5 Å². The van der Waals surface area contributed by atoms with Gasteiger partial charge in [-0.05, 0) is 43.8 Å². The monoisotopic (exact) mass is 413 g/mol. The highest BCUT2D eigenvalue weighted by Gasteiger charge is 2.35. The van der Waals surface area contributed by atoms with Crippen LogP contribution in [0.4, 0.5) is 13.2 Å². The Labute approximate surface area is 162 Å². The van der Waals surface area contributed by atoms with Crippen LogP contribution in [0, 0.1) is 4.77 Å². The smallest absolute Gasteiger partial charge is 0.300 e. The van der Waals surface area contributed by atoms with Gasteiger partial charge in [0.05, 0.1) is 16.6 Å². The van der Waals surface area contributed by atoms with Crippen LogP contribution in [0.2, 0.25) is 5.02 Å². The Hall–Kier alpha value is -2.19. The number of fused-ring (bicyclic) bond motifs is 1. The fourth-order valence-electron chi connectivity index (χ4n) is 2.83. The molecule has 0 bridgehead atoms. The van der Waals surface area contributed by atoms with Crippen molar-refractivity contribution >= 4 is 34.9 Å². The lowest BCUT2D eigenvalue weighted by atomic mass is 10.1. The van der Waals surface area contributed by atoms with Gasteiger partial charge in [0, 0.05) is 16.6 Å². The number of H-pyrrole nitrogens is 1. The molecule has 1 N–H and O–H groups in total. The summed E-state index contributed by atoms with van der Waals surface area (Å²) in [7, 11) is 0. The maximum Gasteiger partial charge on any atom is 0.417 e. The maximum absolute atomic E-state index is 13.7. The Balaban J connectivity index is 2.49. The normalized spacial score (nSPS) is 13.1. The van der Waals surface area contributed by atoms with Gasteiger partial charge >= 0.3 is 6.18 Å². The van der Waals surface area contributed by atoms with Crippen LogP contribution in [0.1, 0.15) is 31.9 Å². The molecule has 0 saturated heterocycles. The van der Waals surface area contributed by atoms with Crippen molar-refractivity contribution in [1.82, 2.24) is 14.5 Å². The minimum atomic E-state index is -4.73. The summed E-state index contributed by atoms with van der Waals surface area (Å²) < 4.78 is 42.7. The van der Waals surface area contributed by atoms with Crippen LogP contribution < -0.4 is 5.56 Å². The second-order valence-electron chi connectivity index (χ2n) is 6.14. The molecule has 0 radical (unpaired) electrons. The van der Waals surface area contributed by atoms with Gasteiger partial charge in [-0.15, -0.1) is 0 Å². The number of nitrogens with one attached hydrogen (secondary N) is 1. The van der Waals surface area contributed by atoms with Gasteiger partial charge in [-0.1, -0.05) is 30.7 Å². The molecule has 0 aliphatic rings. The number of rotatable bonds is 3. The second-order valence-corrected chi connectivity index (χ2v) is 6.97. The second kappa shape index (κ2) is 7.09. The van der Waals surface area contributed by atoms with E-state index in [9.17, 15) is 18.0 Å². The zero-order valence-corrected chi connectivity index (χ0v) is 16.0. The molecule has 3 aromatic rings. The van der Waals surface area contributed by atoms with Crippen molar-refractivity contribution in [2.45, 2.75) is 32.5 Å². The summed E-state index contributed by atoms with van der Waals surface area (Å²) in [5.74, 6) is 0. The fourth-order valence-corrected chi connectivity index (χ4v) is 3.31. The Kier molecular flexibility index (Phi) is 5.14. The van der Waals surface area contributed by atoms with E-state index in [0.717, 1.165) is 6.07 Å². The molecule has 0 unspecified atom stereocenters. The van der Waals surface area contributed by atoms with Gasteiger partial charge in [-0.2, -0.15) is 13.2 Å². The first-order valence-corrected chi connectivity index (χ1v) is 8.94. The number of pyridine rings is 1. The molecule has 3 rings (SSSR count). The van der Waals surface area contributed by atoms with Crippen LogP contribution in [0.5, 0.6) is 0 Å². The van der Waals surface area contributed by atoms with E-state index in [1.807, 2.05) is 6.92 Å².